The predicted molar refractivity (Wildman–Crippen MR) is 94.5 cm³/mol. The highest BCUT2D eigenvalue weighted by molar-refractivity contribution is 6.30. The fourth-order valence-electron chi connectivity index (χ4n) is 2.48. The van der Waals surface area contributed by atoms with Crippen LogP contribution in [0.15, 0.2) is 54.6 Å². The van der Waals surface area contributed by atoms with Crippen molar-refractivity contribution in [1.82, 2.24) is 9.78 Å². The van der Waals surface area contributed by atoms with Crippen LogP contribution in [0.1, 0.15) is 12.1 Å². The molecule has 0 aliphatic rings. The lowest BCUT2D eigenvalue weighted by molar-refractivity contribution is 0.414. The smallest absolute Gasteiger partial charge is 0.119 e. The molecule has 0 saturated carbocycles. The van der Waals surface area contributed by atoms with Crippen molar-refractivity contribution in [1.29, 1.82) is 5.26 Å². The topological polar surface area (TPSA) is 50.8 Å². The van der Waals surface area contributed by atoms with E-state index in [4.69, 9.17) is 21.6 Å². The highest BCUT2D eigenvalue weighted by Gasteiger charge is 2.12. The largest absolute Gasteiger partial charge is 0.497 e. The molecule has 0 atom stereocenters. The maximum absolute atomic E-state index is 8.81. The van der Waals surface area contributed by atoms with Gasteiger partial charge in [0.2, 0.25) is 0 Å². The number of nitrogens with zero attached hydrogens (tertiary/aromatic N) is 3. The predicted octanol–water partition coefficient (Wildman–Crippen LogP) is 4.66. The summed E-state index contributed by atoms with van der Waals surface area (Å²) < 4.78 is 7.10. The lowest BCUT2D eigenvalue weighted by Gasteiger charge is -2.08. The van der Waals surface area contributed by atoms with Gasteiger partial charge in [-0.15, -0.1) is 0 Å². The highest BCUT2D eigenvalue weighted by Crippen LogP contribution is 2.26. The van der Waals surface area contributed by atoms with Crippen LogP contribution in [0.25, 0.3) is 16.9 Å². The van der Waals surface area contributed by atoms with Gasteiger partial charge in [-0.3, -0.25) is 0 Å². The first-order valence-electron chi connectivity index (χ1n) is 7.57. The van der Waals surface area contributed by atoms with Gasteiger partial charge < -0.3 is 4.74 Å². The minimum Gasteiger partial charge on any atom is -0.497 e. The number of nitriles is 1. The standard InChI is InChI=1S/C19H16ClN3O/c1-24-18-10-8-17(9-11-18)23-19(13-16(22-23)3-2-12-21)14-4-6-15(20)7-5-14/h4-11,13H,2-3H2,1H3. The Morgan fingerprint density at radius 2 is 1.83 bits per heavy atom. The molecule has 1 heterocycles. The Labute approximate surface area is 145 Å². The fraction of sp³-hybridized carbons (Fsp3) is 0.158. The van der Waals surface area contributed by atoms with Gasteiger partial charge in [-0.05, 0) is 42.5 Å². The molecule has 3 rings (SSSR count). The third-order valence-corrected chi connectivity index (χ3v) is 3.96. The molecule has 0 amide bonds. The summed E-state index contributed by atoms with van der Waals surface area (Å²) >= 11 is 5.99. The van der Waals surface area contributed by atoms with Crippen LogP contribution in [-0.4, -0.2) is 16.9 Å². The van der Waals surface area contributed by atoms with E-state index in [1.165, 1.54) is 0 Å². The quantitative estimate of drug-likeness (QED) is 0.680. The van der Waals surface area contributed by atoms with Crippen molar-refractivity contribution < 1.29 is 4.74 Å². The van der Waals surface area contributed by atoms with Crippen LogP contribution in [0.2, 0.25) is 5.02 Å². The van der Waals surface area contributed by atoms with Crippen molar-refractivity contribution in [3.05, 3.63) is 65.3 Å². The molecule has 0 aliphatic heterocycles. The van der Waals surface area contributed by atoms with E-state index >= 15 is 0 Å². The lowest BCUT2D eigenvalue weighted by atomic mass is 10.1. The van der Waals surface area contributed by atoms with Gasteiger partial charge >= 0.3 is 0 Å². The van der Waals surface area contributed by atoms with Crippen molar-refractivity contribution >= 4 is 11.6 Å². The number of aromatic nitrogens is 2. The number of methoxy groups -OCH3 is 1. The average Bonchev–Trinajstić information content (AvgIpc) is 3.05. The molecule has 24 heavy (non-hydrogen) atoms. The van der Waals surface area contributed by atoms with Gasteiger partial charge in [0, 0.05) is 23.4 Å². The second-order valence-electron chi connectivity index (χ2n) is 5.30. The molecule has 2 aromatic carbocycles. The van der Waals surface area contributed by atoms with Crippen molar-refractivity contribution in [2.45, 2.75) is 12.8 Å². The van der Waals surface area contributed by atoms with E-state index in [-0.39, 0.29) is 0 Å². The van der Waals surface area contributed by atoms with Crippen molar-refractivity contribution in [3.8, 4) is 28.8 Å². The second-order valence-corrected chi connectivity index (χ2v) is 5.73. The van der Waals surface area contributed by atoms with Crippen LogP contribution >= 0.6 is 11.6 Å². The molecule has 5 heteroatoms. The Bertz CT molecular complexity index is 861. The van der Waals surface area contributed by atoms with Crippen LogP contribution < -0.4 is 4.74 Å². The number of halogens is 1. The summed E-state index contributed by atoms with van der Waals surface area (Å²) in [4.78, 5) is 0. The van der Waals surface area contributed by atoms with Crippen LogP contribution in [-0.2, 0) is 6.42 Å². The number of aryl methyl sites for hydroxylation is 1. The minimum atomic E-state index is 0.444. The third-order valence-electron chi connectivity index (χ3n) is 3.71. The van der Waals surface area contributed by atoms with Gasteiger partial charge in [-0.1, -0.05) is 23.7 Å². The minimum absolute atomic E-state index is 0.444. The lowest BCUT2D eigenvalue weighted by Crippen LogP contribution is -2.00. The van der Waals surface area contributed by atoms with E-state index in [1.807, 2.05) is 59.3 Å². The number of hydrogen-bond donors (Lipinski definition) is 0. The maximum Gasteiger partial charge on any atom is 0.119 e. The average molecular weight is 338 g/mol. The molecule has 3 aromatic rings. The third kappa shape index (κ3) is 3.42. The summed E-state index contributed by atoms with van der Waals surface area (Å²) in [6.45, 7) is 0. The SMILES string of the molecule is COc1ccc(-n2nc(CCC#N)cc2-c2ccc(Cl)cc2)cc1. The van der Waals surface area contributed by atoms with Gasteiger partial charge in [-0.2, -0.15) is 10.4 Å². The molecule has 0 N–H and O–H groups in total. The first-order valence-corrected chi connectivity index (χ1v) is 7.95. The Kier molecular flexibility index (Phi) is 4.83. The monoisotopic (exact) mass is 337 g/mol. The summed E-state index contributed by atoms with van der Waals surface area (Å²) in [5, 5.41) is 14.2. The Balaban J connectivity index is 2.06. The molecule has 0 saturated heterocycles. The van der Waals surface area contributed by atoms with Gasteiger partial charge in [0.1, 0.15) is 5.75 Å². The van der Waals surface area contributed by atoms with Crippen molar-refractivity contribution in [2.75, 3.05) is 7.11 Å². The van der Waals surface area contributed by atoms with E-state index in [9.17, 15) is 0 Å². The van der Waals surface area contributed by atoms with Gasteiger partial charge in [0.15, 0.2) is 0 Å². The summed E-state index contributed by atoms with van der Waals surface area (Å²) in [6, 6.07) is 19.5. The van der Waals surface area contributed by atoms with Gasteiger partial charge in [0.05, 0.1) is 30.3 Å². The molecule has 1 aromatic heterocycles. The molecule has 120 valence electrons. The molecular weight excluding hydrogens is 322 g/mol. The Morgan fingerprint density at radius 1 is 1.12 bits per heavy atom. The molecule has 0 aliphatic carbocycles. The molecule has 0 spiro atoms. The van der Waals surface area contributed by atoms with Crippen LogP contribution in [0.4, 0.5) is 0 Å². The van der Waals surface area contributed by atoms with Gasteiger partial charge in [-0.25, -0.2) is 4.68 Å². The summed E-state index contributed by atoms with van der Waals surface area (Å²) in [5.41, 5.74) is 3.80. The molecule has 4 nitrogen and oxygen atoms in total. The summed E-state index contributed by atoms with van der Waals surface area (Å²) in [7, 11) is 1.64. The first-order chi connectivity index (χ1) is 11.7. The van der Waals surface area contributed by atoms with E-state index in [0.29, 0.717) is 17.9 Å². The Morgan fingerprint density at radius 3 is 2.46 bits per heavy atom. The Hall–Kier alpha value is -2.77. The fourth-order valence-corrected chi connectivity index (χ4v) is 2.61. The van der Waals surface area contributed by atoms with Crippen LogP contribution in [0, 0.1) is 11.3 Å². The van der Waals surface area contributed by atoms with E-state index in [0.717, 1.165) is 28.4 Å². The molecule has 0 radical (unpaired) electrons. The van der Waals surface area contributed by atoms with Crippen molar-refractivity contribution in [2.24, 2.45) is 0 Å². The molecule has 0 bridgehead atoms. The second kappa shape index (κ2) is 7.20. The zero-order chi connectivity index (χ0) is 16.9. The van der Waals surface area contributed by atoms with Crippen LogP contribution in [0.3, 0.4) is 0 Å². The zero-order valence-electron chi connectivity index (χ0n) is 13.2. The van der Waals surface area contributed by atoms with Crippen LogP contribution in [0.5, 0.6) is 5.75 Å². The van der Waals surface area contributed by atoms with E-state index in [2.05, 4.69) is 11.2 Å². The molecular formula is C19H16ClN3O. The first kappa shape index (κ1) is 16.1. The summed E-state index contributed by atoms with van der Waals surface area (Å²) in [5.74, 6) is 0.795. The highest BCUT2D eigenvalue weighted by atomic mass is 35.5. The number of benzene rings is 2. The summed E-state index contributed by atoms with van der Waals surface area (Å²) in [6.07, 6.45) is 1.07. The van der Waals surface area contributed by atoms with E-state index < -0.39 is 0 Å². The number of rotatable bonds is 5. The maximum atomic E-state index is 8.81. The van der Waals surface area contributed by atoms with Gasteiger partial charge in [0.25, 0.3) is 0 Å². The number of ether oxygens (including phenoxy) is 1. The zero-order valence-corrected chi connectivity index (χ0v) is 14.0. The normalized spacial score (nSPS) is 10.4. The molecule has 0 unspecified atom stereocenters. The van der Waals surface area contributed by atoms with Crippen molar-refractivity contribution in [3.63, 3.8) is 0 Å². The van der Waals surface area contributed by atoms with E-state index in [1.54, 1.807) is 7.11 Å². The number of hydrogen-bond acceptors (Lipinski definition) is 3. The molecule has 0 fully saturated rings.